The second-order valence-electron chi connectivity index (χ2n) is 8.64. The van der Waals surface area contributed by atoms with Crippen LogP contribution in [0.3, 0.4) is 0 Å². The fraction of sp³-hybridized carbons (Fsp3) is 0.900. The molecule has 3 saturated carbocycles. The Hall–Kier alpha value is -1.30. The normalized spacial score (nSPS) is 24.8. The molecule has 1 amide bonds. The Kier molecular flexibility index (Phi) is 5.67. The number of hydrogen-bond donors (Lipinski definition) is 2. The Balaban J connectivity index is 1.25. The van der Waals surface area contributed by atoms with Crippen LogP contribution >= 0.6 is 0 Å². The van der Waals surface area contributed by atoms with E-state index in [4.69, 9.17) is 4.99 Å². The molecule has 6 heteroatoms. The average Bonchev–Trinajstić information content (AvgIpc) is 3.45. The van der Waals surface area contributed by atoms with E-state index in [-0.39, 0.29) is 5.91 Å². The van der Waals surface area contributed by atoms with E-state index < -0.39 is 0 Å². The molecule has 0 unspecified atom stereocenters. The molecule has 146 valence electrons. The van der Waals surface area contributed by atoms with Crippen molar-refractivity contribution in [1.82, 2.24) is 20.4 Å². The quantitative estimate of drug-likeness (QED) is 0.505. The van der Waals surface area contributed by atoms with Crippen molar-refractivity contribution in [1.29, 1.82) is 0 Å². The maximum atomic E-state index is 12.0. The third-order valence-corrected chi connectivity index (χ3v) is 6.22. The van der Waals surface area contributed by atoms with Crippen LogP contribution in [0.1, 0.15) is 45.4 Å². The van der Waals surface area contributed by atoms with Gasteiger partial charge in [-0.3, -0.25) is 14.7 Å². The summed E-state index contributed by atoms with van der Waals surface area (Å²) in [5, 5.41) is 6.59. The monoisotopic (exact) mass is 361 g/mol. The van der Waals surface area contributed by atoms with E-state index in [1.165, 1.54) is 25.7 Å². The summed E-state index contributed by atoms with van der Waals surface area (Å²) in [7, 11) is 0. The highest BCUT2D eigenvalue weighted by atomic mass is 16.2. The maximum absolute atomic E-state index is 12.0. The van der Waals surface area contributed by atoms with Crippen LogP contribution < -0.4 is 10.6 Å². The fourth-order valence-corrected chi connectivity index (χ4v) is 4.17. The maximum Gasteiger partial charge on any atom is 0.234 e. The molecule has 26 heavy (non-hydrogen) atoms. The van der Waals surface area contributed by atoms with Gasteiger partial charge in [-0.25, -0.2) is 0 Å². The molecule has 0 aromatic carbocycles. The summed E-state index contributed by atoms with van der Waals surface area (Å²) in [6, 6.07) is 0.460. The van der Waals surface area contributed by atoms with E-state index in [0.29, 0.717) is 12.6 Å². The van der Waals surface area contributed by atoms with Crippen LogP contribution in [0.2, 0.25) is 0 Å². The molecule has 1 saturated heterocycles. The van der Waals surface area contributed by atoms with Crippen LogP contribution in [0.15, 0.2) is 4.99 Å². The molecule has 3 aliphatic carbocycles. The molecular weight excluding hydrogens is 326 g/mol. The molecule has 0 aromatic rings. The van der Waals surface area contributed by atoms with E-state index in [1.54, 1.807) is 0 Å². The first-order valence-corrected chi connectivity index (χ1v) is 10.8. The summed E-state index contributed by atoms with van der Waals surface area (Å²) >= 11 is 0. The van der Waals surface area contributed by atoms with Crippen molar-refractivity contribution in [3.63, 3.8) is 0 Å². The molecular formula is C20H35N5O. The highest BCUT2D eigenvalue weighted by molar-refractivity contribution is 5.80. The van der Waals surface area contributed by atoms with Gasteiger partial charge in [0.1, 0.15) is 0 Å². The third-order valence-electron chi connectivity index (χ3n) is 6.22. The fourth-order valence-electron chi connectivity index (χ4n) is 4.17. The highest BCUT2D eigenvalue weighted by Gasteiger charge is 2.41. The van der Waals surface area contributed by atoms with Crippen LogP contribution in [0, 0.1) is 17.8 Å². The number of carbonyl (C=O) groups excluding carboxylic acids is 1. The molecule has 1 heterocycles. The Morgan fingerprint density at radius 3 is 2.23 bits per heavy atom. The zero-order chi connectivity index (χ0) is 17.9. The number of amides is 1. The first-order valence-electron chi connectivity index (χ1n) is 10.8. The first-order chi connectivity index (χ1) is 12.7. The van der Waals surface area contributed by atoms with Gasteiger partial charge < -0.3 is 15.5 Å². The molecule has 0 aromatic heterocycles. The molecule has 1 aliphatic heterocycles. The zero-order valence-corrected chi connectivity index (χ0v) is 16.3. The number of guanidine groups is 1. The molecule has 4 fully saturated rings. The topological polar surface area (TPSA) is 60.0 Å². The van der Waals surface area contributed by atoms with Crippen molar-refractivity contribution < 1.29 is 4.79 Å². The smallest absolute Gasteiger partial charge is 0.234 e. The zero-order valence-electron chi connectivity index (χ0n) is 16.3. The van der Waals surface area contributed by atoms with E-state index >= 15 is 0 Å². The number of aliphatic imine (C=N–C) groups is 1. The van der Waals surface area contributed by atoms with E-state index in [1.807, 2.05) is 0 Å². The summed E-state index contributed by atoms with van der Waals surface area (Å²) in [5.74, 6) is 4.02. The molecule has 4 aliphatic rings. The van der Waals surface area contributed by atoms with Crippen molar-refractivity contribution in [2.45, 2.75) is 51.5 Å². The summed E-state index contributed by atoms with van der Waals surface area (Å²) in [5.41, 5.74) is 0. The van der Waals surface area contributed by atoms with E-state index in [0.717, 1.165) is 75.8 Å². The van der Waals surface area contributed by atoms with Gasteiger partial charge in [0.05, 0.1) is 6.54 Å². The van der Waals surface area contributed by atoms with Gasteiger partial charge in [0.25, 0.3) is 0 Å². The summed E-state index contributed by atoms with van der Waals surface area (Å²) < 4.78 is 0. The first kappa shape index (κ1) is 18.1. The van der Waals surface area contributed by atoms with Crippen LogP contribution in [0.25, 0.3) is 0 Å². The van der Waals surface area contributed by atoms with Crippen LogP contribution in [-0.4, -0.2) is 73.5 Å². The highest BCUT2D eigenvalue weighted by Crippen LogP contribution is 2.49. The lowest BCUT2D eigenvalue weighted by Gasteiger charge is -2.36. The van der Waals surface area contributed by atoms with Crippen molar-refractivity contribution in [2.24, 2.45) is 22.7 Å². The third kappa shape index (κ3) is 5.12. The summed E-state index contributed by atoms with van der Waals surface area (Å²) in [4.78, 5) is 21.7. The Morgan fingerprint density at radius 1 is 1.04 bits per heavy atom. The SMILES string of the molecule is CCNC(=NCC(C1CC1)C1CC1)N1CCN(CC(=O)NC2CC2)CC1. The minimum atomic E-state index is 0.193. The number of hydrogen-bond acceptors (Lipinski definition) is 3. The van der Waals surface area contributed by atoms with Gasteiger partial charge in [-0.15, -0.1) is 0 Å². The number of nitrogens with zero attached hydrogens (tertiary/aromatic N) is 3. The van der Waals surface area contributed by atoms with Gasteiger partial charge in [-0.2, -0.15) is 0 Å². The number of piperazine rings is 1. The summed E-state index contributed by atoms with van der Waals surface area (Å²) in [6.45, 7) is 8.41. The van der Waals surface area contributed by atoms with Crippen LogP contribution in [0.4, 0.5) is 0 Å². The Labute approximate surface area is 157 Å². The minimum absolute atomic E-state index is 0.193. The predicted octanol–water partition coefficient (Wildman–Crippen LogP) is 1.28. The van der Waals surface area contributed by atoms with Crippen molar-refractivity contribution >= 4 is 11.9 Å². The molecule has 0 spiro atoms. The van der Waals surface area contributed by atoms with Gasteiger partial charge in [-0.1, -0.05) is 0 Å². The van der Waals surface area contributed by atoms with Crippen LogP contribution in [-0.2, 0) is 4.79 Å². The van der Waals surface area contributed by atoms with Crippen molar-refractivity contribution in [3.05, 3.63) is 0 Å². The lowest BCUT2D eigenvalue weighted by molar-refractivity contribution is -0.122. The standard InChI is InChI=1S/C20H35N5O/c1-2-21-20(22-13-18(15-3-4-15)16-5-6-16)25-11-9-24(10-12-25)14-19(26)23-17-7-8-17/h15-18H,2-14H2,1H3,(H,21,22)(H,23,26). The van der Waals surface area contributed by atoms with Gasteiger partial charge in [0.15, 0.2) is 5.96 Å². The van der Waals surface area contributed by atoms with Crippen molar-refractivity contribution in [3.8, 4) is 0 Å². The molecule has 0 radical (unpaired) electrons. The Bertz CT molecular complexity index is 504. The Morgan fingerprint density at radius 2 is 1.69 bits per heavy atom. The second-order valence-corrected chi connectivity index (χ2v) is 8.64. The number of carbonyl (C=O) groups is 1. The number of rotatable bonds is 8. The lowest BCUT2D eigenvalue weighted by Crippen LogP contribution is -2.54. The molecule has 6 nitrogen and oxygen atoms in total. The van der Waals surface area contributed by atoms with Gasteiger partial charge in [0.2, 0.25) is 5.91 Å². The number of nitrogens with one attached hydrogen (secondary N) is 2. The molecule has 0 bridgehead atoms. The molecule has 4 rings (SSSR count). The summed E-state index contributed by atoms with van der Waals surface area (Å²) in [6.07, 6.45) is 8.02. The lowest BCUT2D eigenvalue weighted by atomic mass is 9.98. The second kappa shape index (κ2) is 8.15. The van der Waals surface area contributed by atoms with E-state index in [2.05, 4.69) is 27.4 Å². The van der Waals surface area contributed by atoms with Gasteiger partial charge in [0, 0.05) is 45.3 Å². The molecule has 2 N–H and O–H groups in total. The average molecular weight is 362 g/mol. The van der Waals surface area contributed by atoms with E-state index in [9.17, 15) is 4.79 Å². The predicted molar refractivity (Wildman–Crippen MR) is 104 cm³/mol. The van der Waals surface area contributed by atoms with Crippen molar-refractivity contribution in [2.75, 3.05) is 45.8 Å². The molecule has 0 atom stereocenters. The largest absolute Gasteiger partial charge is 0.357 e. The van der Waals surface area contributed by atoms with Gasteiger partial charge >= 0.3 is 0 Å². The van der Waals surface area contributed by atoms with Crippen LogP contribution in [0.5, 0.6) is 0 Å². The van der Waals surface area contributed by atoms with Gasteiger partial charge in [-0.05, 0) is 63.2 Å². The minimum Gasteiger partial charge on any atom is -0.357 e.